The average molecular weight is 273 g/mol. The van der Waals surface area contributed by atoms with Crippen LogP contribution in [0.4, 0.5) is 0 Å². The molecule has 2 nitrogen and oxygen atoms in total. The van der Waals surface area contributed by atoms with E-state index in [1.807, 2.05) is 11.3 Å². The van der Waals surface area contributed by atoms with Crippen molar-refractivity contribution in [1.29, 1.82) is 0 Å². The van der Waals surface area contributed by atoms with Crippen molar-refractivity contribution in [2.45, 2.75) is 13.0 Å². The van der Waals surface area contributed by atoms with Crippen molar-refractivity contribution < 1.29 is 4.74 Å². The van der Waals surface area contributed by atoms with Gasteiger partial charge in [-0.15, -0.1) is 11.3 Å². The van der Waals surface area contributed by atoms with Crippen molar-refractivity contribution >= 4 is 11.3 Å². The first-order valence-electron chi connectivity index (χ1n) is 6.84. The quantitative estimate of drug-likeness (QED) is 0.899. The van der Waals surface area contributed by atoms with E-state index in [0.717, 1.165) is 26.3 Å². The molecule has 3 heteroatoms. The van der Waals surface area contributed by atoms with Crippen LogP contribution in [0.25, 0.3) is 10.4 Å². The first-order chi connectivity index (χ1) is 9.42. The number of thiophene rings is 1. The van der Waals surface area contributed by atoms with Crippen LogP contribution in [-0.4, -0.2) is 19.8 Å². The Hall–Kier alpha value is -1.16. The molecule has 0 spiro atoms. The molecule has 3 rings (SSSR count). The highest BCUT2D eigenvalue weighted by atomic mass is 32.1. The second-order valence-electron chi connectivity index (χ2n) is 4.99. The summed E-state index contributed by atoms with van der Waals surface area (Å²) in [6.45, 7) is 3.89. The Bertz CT molecular complexity index is 502. The number of hydrogen-bond donors (Lipinski definition) is 1. The monoisotopic (exact) mass is 273 g/mol. The smallest absolute Gasteiger partial charge is 0.0507 e. The van der Waals surface area contributed by atoms with Gasteiger partial charge in [0.05, 0.1) is 6.61 Å². The Balaban J connectivity index is 1.53. The summed E-state index contributed by atoms with van der Waals surface area (Å²) in [6, 6.07) is 15.0. The van der Waals surface area contributed by atoms with Gasteiger partial charge in [-0.3, -0.25) is 0 Å². The van der Waals surface area contributed by atoms with E-state index in [1.54, 1.807) is 0 Å². The molecule has 0 amide bonds. The van der Waals surface area contributed by atoms with Crippen LogP contribution in [-0.2, 0) is 11.3 Å². The van der Waals surface area contributed by atoms with Gasteiger partial charge in [-0.2, -0.15) is 0 Å². The van der Waals surface area contributed by atoms with Crippen molar-refractivity contribution in [3.05, 3.63) is 47.3 Å². The fourth-order valence-electron chi connectivity index (χ4n) is 2.37. The lowest BCUT2D eigenvalue weighted by atomic mass is 10.1. The molecule has 1 aromatic carbocycles. The van der Waals surface area contributed by atoms with Crippen molar-refractivity contribution in [2.24, 2.45) is 5.92 Å². The van der Waals surface area contributed by atoms with Crippen LogP contribution < -0.4 is 5.32 Å². The van der Waals surface area contributed by atoms with Gasteiger partial charge >= 0.3 is 0 Å². The summed E-state index contributed by atoms with van der Waals surface area (Å²) in [7, 11) is 0. The number of ether oxygens (including phenoxy) is 1. The Labute approximate surface area is 118 Å². The van der Waals surface area contributed by atoms with Gasteiger partial charge in [0.2, 0.25) is 0 Å². The van der Waals surface area contributed by atoms with E-state index in [0.29, 0.717) is 5.92 Å². The zero-order valence-electron chi connectivity index (χ0n) is 11.0. The lowest BCUT2D eigenvalue weighted by Gasteiger charge is -2.07. The van der Waals surface area contributed by atoms with E-state index >= 15 is 0 Å². The maximum Gasteiger partial charge on any atom is 0.0507 e. The van der Waals surface area contributed by atoms with Gasteiger partial charge in [0.1, 0.15) is 0 Å². The summed E-state index contributed by atoms with van der Waals surface area (Å²) in [5, 5.41) is 3.54. The van der Waals surface area contributed by atoms with Crippen LogP contribution in [0.2, 0.25) is 0 Å². The molecule has 0 aliphatic carbocycles. The third kappa shape index (κ3) is 3.44. The topological polar surface area (TPSA) is 21.3 Å². The molecule has 100 valence electrons. The second-order valence-corrected chi connectivity index (χ2v) is 6.16. The molecule has 2 heterocycles. The van der Waals surface area contributed by atoms with Crippen molar-refractivity contribution in [3.8, 4) is 10.4 Å². The Morgan fingerprint density at radius 2 is 2.05 bits per heavy atom. The Morgan fingerprint density at radius 3 is 2.84 bits per heavy atom. The summed E-state index contributed by atoms with van der Waals surface area (Å²) < 4.78 is 5.38. The molecule has 1 aliphatic rings. The van der Waals surface area contributed by atoms with E-state index in [-0.39, 0.29) is 0 Å². The maximum atomic E-state index is 5.38. The third-order valence-electron chi connectivity index (χ3n) is 3.48. The lowest BCUT2D eigenvalue weighted by molar-refractivity contribution is 0.185. The first kappa shape index (κ1) is 12.9. The molecule has 1 N–H and O–H groups in total. The van der Waals surface area contributed by atoms with Crippen LogP contribution in [0.1, 0.15) is 11.3 Å². The SMILES string of the molecule is c1ccc(-c2ccc(CNCC3CCOC3)s2)cc1. The minimum Gasteiger partial charge on any atom is -0.381 e. The molecule has 1 atom stereocenters. The predicted octanol–water partition coefficient (Wildman–Crippen LogP) is 3.54. The normalized spacial score (nSPS) is 18.8. The molecule has 1 aromatic heterocycles. The zero-order chi connectivity index (χ0) is 12.9. The summed E-state index contributed by atoms with van der Waals surface area (Å²) in [5.74, 6) is 0.702. The molecule has 1 saturated heterocycles. The molecule has 0 radical (unpaired) electrons. The minimum absolute atomic E-state index is 0.702. The van der Waals surface area contributed by atoms with Crippen molar-refractivity contribution in [1.82, 2.24) is 5.32 Å². The van der Waals surface area contributed by atoms with Crippen LogP contribution in [0, 0.1) is 5.92 Å². The first-order valence-corrected chi connectivity index (χ1v) is 7.66. The largest absolute Gasteiger partial charge is 0.381 e. The van der Waals surface area contributed by atoms with E-state index in [9.17, 15) is 0 Å². The molecule has 0 bridgehead atoms. The number of hydrogen-bond acceptors (Lipinski definition) is 3. The van der Waals surface area contributed by atoms with E-state index in [4.69, 9.17) is 4.74 Å². The van der Waals surface area contributed by atoms with Gasteiger partial charge in [-0.25, -0.2) is 0 Å². The molecular formula is C16H19NOS. The molecule has 19 heavy (non-hydrogen) atoms. The van der Waals surface area contributed by atoms with Crippen molar-refractivity contribution in [2.75, 3.05) is 19.8 Å². The van der Waals surface area contributed by atoms with Crippen LogP contribution >= 0.6 is 11.3 Å². The average Bonchev–Trinajstić information content (AvgIpc) is 3.11. The number of nitrogens with one attached hydrogen (secondary N) is 1. The minimum atomic E-state index is 0.702. The predicted molar refractivity (Wildman–Crippen MR) is 80.4 cm³/mol. The van der Waals surface area contributed by atoms with Crippen LogP contribution in [0.3, 0.4) is 0 Å². The fourth-order valence-corrected chi connectivity index (χ4v) is 3.36. The highest BCUT2D eigenvalue weighted by Crippen LogP contribution is 2.27. The van der Waals surface area contributed by atoms with E-state index < -0.39 is 0 Å². The van der Waals surface area contributed by atoms with Gasteiger partial charge in [0.25, 0.3) is 0 Å². The zero-order valence-corrected chi connectivity index (χ0v) is 11.8. The number of benzene rings is 1. The van der Waals surface area contributed by atoms with E-state index in [2.05, 4.69) is 47.8 Å². The van der Waals surface area contributed by atoms with Gasteiger partial charge in [-0.05, 0) is 30.0 Å². The molecule has 1 fully saturated rings. The van der Waals surface area contributed by atoms with Crippen molar-refractivity contribution in [3.63, 3.8) is 0 Å². The van der Waals surface area contributed by atoms with E-state index in [1.165, 1.54) is 21.7 Å². The maximum absolute atomic E-state index is 5.38. The summed E-state index contributed by atoms with van der Waals surface area (Å²) in [5.41, 5.74) is 1.31. The summed E-state index contributed by atoms with van der Waals surface area (Å²) in [4.78, 5) is 2.75. The van der Waals surface area contributed by atoms with Gasteiger partial charge < -0.3 is 10.1 Å². The fraction of sp³-hybridized carbons (Fsp3) is 0.375. The Kier molecular flexibility index (Phi) is 4.28. The molecule has 2 aromatic rings. The summed E-state index contributed by atoms with van der Waals surface area (Å²) in [6.07, 6.45) is 1.20. The molecular weight excluding hydrogens is 254 g/mol. The lowest BCUT2D eigenvalue weighted by Crippen LogP contribution is -2.22. The second kappa shape index (κ2) is 6.33. The highest BCUT2D eigenvalue weighted by molar-refractivity contribution is 7.15. The standard InChI is InChI=1S/C16H19NOS/c1-2-4-14(5-3-1)16-7-6-15(19-16)11-17-10-13-8-9-18-12-13/h1-7,13,17H,8-12H2. The Morgan fingerprint density at radius 1 is 1.16 bits per heavy atom. The van der Waals surface area contributed by atoms with Gasteiger partial charge in [-0.1, -0.05) is 30.3 Å². The number of rotatable bonds is 5. The third-order valence-corrected chi connectivity index (χ3v) is 4.61. The van der Waals surface area contributed by atoms with Gasteiger partial charge in [0.15, 0.2) is 0 Å². The van der Waals surface area contributed by atoms with Crippen LogP contribution in [0.5, 0.6) is 0 Å². The summed E-state index contributed by atoms with van der Waals surface area (Å²) >= 11 is 1.87. The highest BCUT2D eigenvalue weighted by Gasteiger charge is 2.14. The molecule has 1 aliphatic heterocycles. The molecule has 0 saturated carbocycles. The molecule has 1 unspecified atom stereocenters. The van der Waals surface area contributed by atoms with Crippen LogP contribution in [0.15, 0.2) is 42.5 Å². The van der Waals surface area contributed by atoms with Gasteiger partial charge in [0, 0.05) is 29.5 Å².